The summed E-state index contributed by atoms with van der Waals surface area (Å²) < 4.78 is 28.6. The van der Waals surface area contributed by atoms with Crippen molar-refractivity contribution in [3.63, 3.8) is 0 Å². The van der Waals surface area contributed by atoms with E-state index in [1.54, 1.807) is 18.2 Å². The molecule has 0 aromatic heterocycles. The number of aryl methyl sites for hydroxylation is 1. The highest BCUT2D eigenvalue weighted by atomic mass is 79.9. The first kappa shape index (κ1) is 16.9. The van der Waals surface area contributed by atoms with Crippen molar-refractivity contribution in [3.8, 4) is 0 Å². The van der Waals surface area contributed by atoms with Gasteiger partial charge in [-0.2, -0.15) is 0 Å². The second-order valence-corrected chi connectivity index (χ2v) is 8.68. The van der Waals surface area contributed by atoms with Gasteiger partial charge in [-0.25, -0.2) is 13.1 Å². The Hall–Kier alpha value is -0.430. The van der Waals surface area contributed by atoms with Crippen LogP contribution in [0.1, 0.15) is 38.2 Å². The predicted molar refractivity (Wildman–Crippen MR) is 86.6 cm³/mol. The number of nitrogens with one attached hydrogen (secondary N) is 1. The largest absolute Gasteiger partial charge is 0.394 e. The summed E-state index contributed by atoms with van der Waals surface area (Å²) in [4.78, 5) is 0.221. The molecule has 0 aliphatic heterocycles. The molecule has 0 radical (unpaired) electrons. The standard InChI is InChI=1S/C15H22BrNO3S/c1-11-5-6-14(13(16)8-11)21(19,20)17-15(10-18)7-3-4-12(2)9-15/h5-6,8,12,17-18H,3-4,7,9-10H2,1-2H3. The van der Waals surface area contributed by atoms with Crippen LogP contribution in [0.4, 0.5) is 0 Å². The van der Waals surface area contributed by atoms with Crippen molar-refractivity contribution in [2.45, 2.75) is 50.0 Å². The molecule has 1 aromatic carbocycles. The maximum Gasteiger partial charge on any atom is 0.242 e. The summed E-state index contributed by atoms with van der Waals surface area (Å²) in [7, 11) is -3.66. The van der Waals surface area contributed by atoms with Gasteiger partial charge in [-0.1, -0.05) is 25.8 Å². The molecule has 0 bridgehead atoms. The maximum atomic E-state index is 12.7. The first-order valence-corrected chi connectivity index (χ1v) is 9.47. The first-order valence-electron chi connectivity index (χ1n) is 7.19. The molecule has 0 heterocycles. The molecule has 2 atom stereocenters. The number of sulfonamides is 1. The summed E-state index contributed by atoms with van der Waals surface area (Å²) in [5.74, 6) is 0.412. The van der Waals surface area contributed by atoms with E-state index in [0.29, 0.717) is 23.2 Å². The zero-order valence-corrected chi connectivity index (χ0v) is 14.8. The van der Waals surface area contributed by atoms with Crippen LogP contribution in [0.25, 0.3) is 0 Å². The molecule has 6 heteroatoms. The van der Waals surface area contributed by atoms with Crippen molar-refractivity contribution in [2.75, 3.05) is 6.61 Å². The third kappa shape index (κ3) is 3.86. The fourth-order valence-electron chi connectivity index (χ4n) is 3.09. The first-order chi connectivity index (χ1) is 9.78. The molecular formula is C15H22BrNO3S. The van der Waals surface area contributed by atoms with E-state index in [4.69, 9.17) is 0 Å². The molecule has 4 nitrogen and oxygen atoms in total. The van der Waals surface area contributed by atoms with Gasteiger partial charge in [-0.05, 0) is 59.3 Å². The minimum atomic E-state index is -3.66. The summed E-state index contributed by atoms with van der Waals surface area (Å²) in [5.41, 5.74) is 0.255. The van der Waals surface area contributed by atoms with Crippen LogP contribution in [-0.4, -0.2) is 25.7 Å². The molecule has 1 aromatic rings. The number of benzene rings is 1. The smallest absolute Gasteiger partial charge is 0.242 e. The Labute approximate surface area is 135 Å². The van der Waals surface area contributed by atoms with Crippen LogP contribution < -0.4 is 4.72 Å². The van der Waals surface area contributed by atoms with Crippen molar-refractivity contribution in [3.05, 3.63) is 28.2 Å². The van der Waals surface area contributed by atoms with Gasteiger partial charge in [-0.15, -0.1) is 0 Å². The fraction of sp³-hybridized carbons (Fsp3) is 0.600. The number of hydrogen-bond acceptors (Lipinski definition) is 3. The lowest BCUT2D eigenvalue weighted by Gasteiger charge is -2.39. The van der Waals surface area contributed by atoms with E-state index in [9.17, 15) is 13.5 Å². The van der Waals surface area contributed by atoms with E-state index in [2.05, 4.69) is 27.6 Å². The monoisotopic (exact) mass is 375 g/mol. The summed E-state index contributed by atoms with van der Waals surface area (Å²) in [6, 6.07) is 5.15. The van der Waals surface area contributed by atoms with Crippen LogP contribution >= 0.6 is 15.9 Å². The number of rotatable bonds is 4. The van der Waals surface area contributed by atoms with Gasteiger partial charge in [-0.3, -0.25) is 0 Å². The molecule has 0 spiro atoms. The van der Waals surface area contributed by atoms with Crippen molar-refractivity contribution >= 4 is 26.0 Å². The minimum Gasteiger partial charge on any atom is -0.394 e. The van der Waals surface area contributed by atoms with E-state index < -0.39 is 15.6 Å². The van der Waals surface area contributed by atoms with E-state index in [1.165, 1.54) is 0 Å². The van der Waals surface area contributed by atoms with Crippen molar-refractivity contribution < 1.29 is 13.5 Å². The van der Waals surface area contributed by atoms with Crippen LogP contribution in [0.2, 0.25) is 0 Å². The SMILES string of the molecule is Cc1ccc(S(=O)(=O)NC2(CO)CCCC(C)C2)c(Br)c1. The Bertz CT molecular complexity index is 617. The van der Waals surface area contributed by atoms with Crippen LogP contribution in [0.5, 0.6) is 0 Å². The summed E-state index contributed by atoms with van der Waals surface area (Å²) >= 11 is 3.32. The van der Waals surface area contributed by atoms with Gasteiger partial charge in [0.25, 0.3) is 0 Å². The molecular weight excluding hydrogens is 354 g/mol. The molecule has 21 heavy (non-hydrogen) atoms. The molecule has 1 fully saturated rings. The van der Waals surface area contributed by atoms with E-state index in [0.717, 1.165) is 18.4 Å². The number of aliphatic hydroxyl groups excluding tert-OH is 1. The van der Waals surface area contributed by atoms with Gasteiger partial charge in [0.15, 0.2) is 0 Å². The Morgan fingerprint density at radius 2 is 2.19 bits per heavy atom. The molecule has 2 N–H and O–H groups in total. The molecule has 1 saturated carbocycles. The Balaban J connectivity index is 2.31. The van der Waals surface area contributed by atoms with Crippen molar-refractivity contribution in [1.29, 1.82) is 0 Å². The lowest BCUT2D eigenvalue weighted by Crippen LogP contribution is -2.53. The molecule has 2 unspecified atom stereocenters. The van der Waals surface area contributed by atoms with Crippen molar-refractivity contribution in [2.24, 2.45) is 5.92 Å². The molecule has 0 saturated heterocycles. The highest BCUT2D eigenvalue weighted by Crippen LogP contribution is 2.34. The maximum absolute atomic E-state index is 12.7. The van der Waals surface area contributed by atoms with Gasteiger partial charge in [0.2, 0.25) is 10.0 Å². The van der Waals surface area contributed by atoms with E-state index >= 15 is 0 Å². The third-order valence-corrected chi connectivity index (χ3v) is 6.68. The summed E-state index contributed by atoms with van der Waals surface area (Å²) in [6.45, 7) is 3.84. The third-order valence-electron chi connectivity index (χ3n) is 4.12. The van der Waals surface area contributed by atoms with Gasteiger partial charge in [0.05, 0.1) is 17.0 Å². The summed E-state index contributed by atoms with van der Waals surface area (Å²) in [6.07, 6.45) is 3.36. The average Bonchev–Trinajstić information content (AvgIpc) is 2.37. The number of aliphatic hydroxyl groups is 1. The van der Waals surface area contributed by atoms with Gasteiger partial charge < -0.3 is 5.11 Å². The molecule has 1 aliphatic rings. The normalized spacial score (nSPS) is 26.8. The lowest BCUT2D eigenvalue weighted by atomic mass is 9.78. The highest BCUT2D eigenvalue weighted by Gasteiger charge is 2.38. The Morgan fingerprint density at radius 3 is 2.76 bits per heavy atom. The molecule has 0 amide bonds. The zero-order chi connectivity index (χ0) is 15.7. The van der Waals surface area contributed by atoms with Gasteiger partial charge in [0.1, 0.15) is 0 Å². The second-order valence-electron chi connectivity index (χ2n) is 6.18. The quantitative estimate of drug-likeness (QED) is 0.849. The van der Waals surface area contributed by atoms with Crippen molar-refractivity contribution in [1.82, 2.24) is 4.72 Å². The van der Waals surface area contributed by atoms with Crippen LogP contribution in [0.15, 0.2) is 27.6 Å². The van der Waals surface area contributed by atoms with Crippen LogP contribution in [-0.2, 0) is 10.0 Å². The topological polar surface area (TPSA) is 66.4 Å². The Morgan fingerprint density at radius 1 is 1.48 bits per heavy atom. The van der Waals surface area contributed by atoms with Gasteiger partial charge >= 0.3 is 0 Å². The molecule has 118 valence electrons. The summed E-state index contributed by atoms with van der Waals surface area (Å²) in [5, 5.41) is 9.74. The number of hydrogen-bond donors (Lipinski definition) is 2. The molecule has 2 rings (SSSR count). The average molecular weight is 376 g/mol. The second kappa shape index (κ2) is 6.36. The number of halogens is 1. The molecule has 1 aliphatic carbocycles. The highest BCUT2D eigenvalue weighted by molar-refractivity contribution is 9.10. The zero-order valence-electron chi connectivity index (χ0n) is 12.4. The lowest BCUT2D eigenvalue weighted by molar-refractivity contribution is 0.119. The van der Waals surface area contributed by atoms with E-state index in [1.807, 2.05) is 6.92 Å². The predicted octanol–water partition coefficient (Wildman–Crippen LogP) is 2.98. The van der Waals surface area contributed by atoms with Crippen LogP contribution in [0.3, 0.4) is 0 Å². The Kier molecular flexibility index (Phi) is 5.13. The van der Waals surface area contributed by atoms with Crippen LogP contribution in [0, 0.1) is 12.8 Å². The van der Waals surface area contributed by atoms with Gasteiger partial charge in [0, 0.05) is 4.47 Å². The van der Waals surface area contributed by atoms with E-state index in [-0.39, 0.29) is 11.5 Å². The fourth-order valence-corrected chi connectivity index (χ4v) is 5.72. The minimum absolute atomic E-state index is 0.167.